The van der Waals surface area contributed by atoms with Gasteiger partial charge in [0.1, 0.15) is 6.04 Å². The Balaban J connectivity index is 2.62. The lowest BCUT2D eigenvalue weighted by molar-refractivity contribution is -0.139. The number of urea groups is 1. The van der Waals surface area contributed by atoms with Crippen molar-refractivity contribution in [3.8, 4) is 0 Å². The molecule has 110 valence electrons. The van der Waals surface area contributed by atoms with E-state index in [9.17, 15) is 9.59 Å². The van der Waals surface area contributed by atoms with Crippen LogP contribution in [-0.4, -0.2) is 53.8 Å². The minimum absolute atomic E-state index is 0.0299. The number of hydrogen-bond acceptors (Lipinski definition) is 3. The zero-order valence-electron chi connectivity index (χ0n) is 11.9. The van der Waals surface area contributed by atoms with Crippen LogP contribution in [0.1, 0.15) is 33.6 Å². The number of nitrogens with one attached hydrogen (secondary N) is 1. The smallest absolute Gasteiger partial charge is 0.326 e. The maximum absolute atomic E-state index is 12.2. The van der Waals surface area contributed by atoms with Gasteiger partial charge in [-0.25, -0.2) is 9.59 Å². The molecule has 2 atom stereocenters. The number of carbonyl (C=O) groups excluding carboxylic acids is 1. The van der Waals surface area contributed by atoms with Crippen molar-refractivity contribution in [2.45, 2.75) is 45.7 Å². The maximum atomic E-state index is 12.2. The molecule has 0 aromatic carbocycles. The molecule has 0 saturated carbocycles. The molecular formula is C13H24N2O4. The number of amides is 2. The first-order valence-electron chi connectivity index (χ1n) is 6.83. The van der Waals surface area contributed by atoms with E-state index in [0.29, 0.717) is 26.2 Å². The number of rotatable bonds is 5. The van der Waals surface area contributed by atoms with Crippen LogP contribution in [0.3, 0.4) is 0 Å². The van der Waals surface area contributed by atoms with Gasteiger partial charge in [0.25, 0.3) is 0 Å². The van der Waals surface area contributed by atoms with E-state index in [1.165, 1.54) is 0 Å². The quantitative estimate of drug-likeness (QED) is 0.791. The van der Waals surface area contributed by atoms with Crippen molar-refractivity contribution < 1.29 is 19.4 Å². The predicted octanol–water partition coefficient (Wildman–Crippen LogP) is 1.31. The molecule has 0 spiro atoms. The third-order valence-corrected chi connectivity index (χ3v) is 3.26. The predicted molar refractivity (Wildman–Crippen MR) is 71.0 cm³/mol. The topological polar surface area (TPSA) is 78.9 Å². The lowest BCUT2D eigenvalue weighted by Gasteiger charge is -2.35. The fourth-order valence-corrected chi connectivity index (χ4v) is 2.19. The summed E-state index contributed by atoms with van der Waals surface area (Å²) in [5, 5.41) is 11.7. The molecule has 1 aliphatic heterocycles. The highest BCUT2D eigenvalue weighted by Crippen LogP contribution is 2.12. The fourth-order valence-electron chi connectivity index (χ4n) is 2.19. The Hall–Kier alpha value is -1.30. The average molecular weight is 272 g/mol. The summed E-state index contributed by atoms with van der Waals surface area (Å²) in [5.74, 6) is -0.767. The second-order valence-corrected chi connectivity index (χ2v) is 5.30. The lowest BCUT2D eigenvalue weighted by atomic mass is 10.0. The van der Waals surface area contributed by atoms with Crippen LogP contribution in [0.15, 0.2) is 0 Å². The standard InChI is InChI=1S/C13H24N2O4/c1-4-10-8-19-6-5-15(10)13(18)14-11(12(16)17)7-9(2)3/h9-11H,4-8H2,1-3H3,(H,14,18)(H,16,17)/t10?,11-/m0/s1. The monoisotopic (exact) mass is 272 g/mol. The molecule has 1 saturated heterocycles. The zero-order valence-corrected chi connectivity index (χ0v) is 11.9. The van der Waals surface area contributed by atoms with Gasteiger partial charge in [-0.05, 0) is 18.8 Å². The summed E-state index contributed by atoms with van der Waals surface area (Å²) in [6.45, 7) is 7.40. The number of carboxylic acids is 1. The number of hydrogen-bond donors (Lipinski definition) is 2. The largest absolute Gasteiger partial charge is 0.480 e. The molecule has 0 radical (unpaired) electrons. The summed E-state index contributed by atoms with van der Waals surface area (Å²) in [6, 6.07) is -1.10. The second-order valence-electron chi connectivity index (χ2n) is 5.30. The summed E-state index contributed by atoms with van der Waals surface area (Å²) in [4.78, 5) is 25.0. The van der Waals surface area contributed by atoms with Gasteiger partial charge in [-0.1, -0.05) is 20.8 Å². The van der Waals surface area contributed by atoms with Gasteiger partial charge in [-0.15, -0.1) is 0 Å². The van der Waals surface area contributed by atoms with E-state index in [0.717, 1.165) is 6.42 Å². The van der Waals surface area contributed by atoms with Crippen molar-refractivity contribution in [1.82, 2.24) is 10.2 Å². The molecule has 1 rings (SSSR count). The van der Waals surface area contributed by atoms with Crippen LogP contribution in [-0.2, 0) is 9.53 Å². The Labute approximate surface area is 114 Å². The van der Waals surface area contributed by atoms with Gasteiger partial charge < -0.3 is 20.1 Å². The molecule has 1 aliphatic rings. The fraction of sp³-hybridized carbons (Fsp3) is 0.846. The Morgan fingerprint density at radius 3 is 2.68 bits per heavy atom. The lowest BCUT2D eigenvalue weighted by Crippen LogP contribution is -2.55. The van der Waals surface area contributed by atoms with Crippen molar-refractivity contribution in [2.24, 2.45) is 5.92 Å². The van der Waals surface area contributed by atoms with E-state index in [2.05, 4.69) is 5.32 Å². The van der Waals surface area contributed by atoms with Gasteiger partial charge in [0, 0.05) is 6.54 Å². The van der Waals surface area contributed by atoms with Crippen molar-refractivity contribution >= 4 is 12.0 Å². The molecule has 19 heavy (non-hydrogen) atoms. The highest BCUT2D eigenvalue weighted by molar-refractivity contribution is 5.82. The number of carboxylic acid groups (broad SMARTS) is 1. The van der Waals surface area contributed by atoms with Crippen molar-refractivity contribution in [3.63, 3.8) is 0 Å². The van der Waals surface area contributed by atoms with E-state index >= 15 is 0 Å². The van der Waals surface area contributed by atoms with Crippen molar-refractivity contribution in [2.75, 3.05) is 19.8 Å². The number of ether oxygens (including phenoxy) is 1. The number of aliphatic carboxylic acids is 1. The van der Waals surface area contributed by atoms with E-state index < -0.39 is 12.0 Å². The first-order valence-corrected chi connectivity index (χ1v) is 6.83. The van der Waals surface area contributed by atoms with Crippen LogP contribution in [0.4, 0.5) is 4.79 Å². The molecule has 0 bridgehead atoms. The molecule has 6 heteroatoms. The Kier molecular flexibility index (Phi) is 6.08. The first kappa shape index (κ1) is 15.8. The number of morpholine rings is 1. The SMILES string of the molecule is CCC1COCCN1C(=O)N[C@@H](CC(C)C)C(=O)O. The van der Waals surface area contributed by atoms with Gasteiger partial charge in [0.05, 0.1) is 19.3 Å². The average Bonchev–Trinajstić information content (AvgIpc) is 2.37. The normalized spacial score (nSPS) is 21.3. The summed E-state index contributed by atoms with van der Waals surface area (Å²) in [7, 11) is 0. The number of nitrogens with zero attached hydrogens (tertiary/aromatic N) is 1. The second kappa shape index (κ2) is 7.33. The highest BCUT2D eigenvalue weighted by Gasteiger charge is 2.29. The molecule has 1 fully saturated rings. The van der Waals surface area contributed by atoms with Gasteiger partial charge in [-0.3, -0.25) is 0 Å². The molecule has 2 amide bonds. The molecule has 0 aliphatic carbocycles. The molecule has 6 nitrogen and oxygen atoms in total. The van der Waals surface area contributed by atoms with E-state index in [4.69, 9.17) is 9.84 Å². The Bertz CT molecular complexity index is 320. The van der Waals surface area contributed by atoms with Crippen LogP contribution in [0.25, 0.3) is 0 Å². The van der Waals surface area contributed by atoms with E-state index in [-0.39, 0.29) is 18.0 Å². The van der Waals surface area contributed by atoms with Crippen LogP contribution >= 0.6 is 0 Å². The van der Waals surface area contributed by atoms with Gasteiger partial charge in [0.15, 0.2) is 0 Å². The summed E-state index contributed by atoms with van der Waals surface area (Å²) in [5.41, 5.74) is 0. The minimum Gasteiger partial charge on any atom is -0.480 e. The van der Waals surface area contributed by atoms with Crippen LogP contribution in [0.2, 0.25) is 0 Å². The van der Waals surface area contributed by atoms with Gasteiger partial charge >= 0.3 is 12.0 Å². The first-order chi connectivity index (χ1) is 8.95. The van der Waals surface area contributed by atoms with E-state index in [1.54, 1.807) is 4.90 Å². The highest BCUT2D eigenvalue weighted by atomic mass is 16.5. The molecule has 1 unspecified atom stereocenters. The van der Waals surface area contributed by atoms with Crippen LogP contribution in [0.5, 0.6) is 0 Å². The van der Waals surface area contributed by atoms with Crippen molar-refractivity contribution in [3.05, 3.63) is 0 Å². The zero-order chi connectivity index (χ0) is 14.4. The third-order valence-electron chi connectivity index (χ3n) is 3.26. The van der Waals surface area contributed by atoms with Gasteiger partial charge in [-0.2, -0.15) is 0 Å². The maximum Gasteiger partial charge on any atom is 0.326 e. The summed E-state index contributed by atoms with van der Waals surface area (Å²) in [6.07, 6.45) is 1.23. The Morgan fingerprint density at radius 1 is 1.47 bits per heavy atom. The molecule has 1 heterocycles. The molecular weight excluding hydrogens is 248 g/mol. The van der Waals surface area contributed by atoms with Crippen molar-refractivity contribution in [1.29, 1.82) is 0 Å². The molecule has 2 N–H and O–H groups in total. The Morgan fingerprint density at radius 2 is 2.16 bits per heavy atom. The summed E-state index contributed by atoms with van der Waals surface area (Å²) >= 11 is 0. The summed E-state index contributed by atoms with van der Waals surface area (Å²) < 4.78 is 5.33. The number of carbonyl (C=O) groups is 2. The van der Waals surface area contributed by atoms with Gasteiger partial charge in [0.2, 0.25) is 0 Å². The molecule has 0 aromatic heterocycles. The minimum atomic E-state index is -0.983. The van der Waals surface area contributed by atoms with Crippen LogP contribution in [0, 0.1) is 5.92 Å². The van der Waals surface area contributed by atoms with Crippen LogP contribution < -0.4 is 5.32 Å². The third kappa shape index (κ3) is 4.70. The molecule has 0 aromatic rings. The van der Waals surface area contributed by atoms with E-state index in [1.807, 2.05) is 20.8 Å².